The average molecular weight is 334 g/mol. The maximum Gasteiger partial charge on any atom is 0.258 e. The van der Waals surface area contributed by atoms with E-state index in [-0.39, 0.29) is 5.56 Å². The highest BCUT2D eigenvalue weighted by atomic mass is 16.1. The fourth-order valence-electron chi connectivity index (χ4n) is 3.29. The van der Waals surface area contributed by atoms with E-state index in [1.165, 1.54) is 16.7 Å². The van der Waals surface area contributed by atoms with Gasteiger partial charge in [0.1, 0.15) is 0 Å². The van der Waals surface area contributed by atoms with Crippen molar-refractivity contribution in [3.63, 3.8) is 0 Å². The van der Waals surface area contributed by atoms with Gasteiger partial charge in [-0.15, -0.1) is 0 Å². The molecule has 2 aromatic carbocycles. The van der Waals surface area contributed by atoms with Crippen molar-refractivity contribution in [1.82, 2.24) is 9.47 Å². The molecule has 0 radical (unpaired) electrons. The molecule has 3 aromatic rings. The van der Waals surface area contributed by atoms with Gasteiger partial charge in [-0.2, -0.15) is 0 Å². The lowest BCUT2D eigenvalue weighted by atomic mass is 10.00. The Morgan fingerprint density at radius 3 is 2.24 bits per heavy atom. The highest BCUT2D eigenvalue weighted by molar-refractivity contribution is 5.87. The minimum absolute atomic E-state index is 0.0863. The number of hydrogen-bond donors (Lipinski definition) is 0. The van der Waals surface area contributed by atoms with Crippen LogP contribution in [0.3, 0.4) is 0 Å². The van der Waals surface area contributed by atoms with E-state index in [4.69, 9.17) is 0 Å². The number of likely N-dealkylation sites (N-methyl/N-ethyl adjacent to an activating group) is 1. The van der Waals surface area contributed by atoms with Gasteiger partial charge in [-0.1, -0.05) is 35.9 Å². The molecule has 1 heterocycles. The lowest BCUT2D eigenvalue weighted by molar-refractivity contribution is 0.384. The van der Waals surface area contributed by atoms with Crippen LogP contribution in [0.25, 0.3) is 22.0 Å². The molecular formula is C22H26N2O. The van der Waals surface area contributed by atoms with E-state index >= 15 is 0 Å². The number of benzene rings is 2. The maximum atomic E-state index is 13.2. The van der Waals surface area contributed by atoms with Crippen LogP contribution in [-0.4, -0.2) is 30.1 Å². The second kappa shape index (κ2) is 6.85. The second-order valence-corrected chi connectivity index (χ2v) is 7.20. The molecule has 0 unspecified atom stereocenters. The Balaban J connectivity index is 2.30. The van der Waals surface area contributed by atoms with Crippen molar-refractivity contribution >= 4 is 10.9 Å². The van der Waals surface area contributed by atoms with Crippen LogP contribution in [0.15, 0.2) is 47.3 Å². The molecule has 3 heteroatoms. The average Bonchev–Trinajstić information content (AvgIpc) is 2.54. The van der Waals surface area contributed by atoms with Crippen molar-refractivity contribution in [3.05, 3.63) is 69.5 Å². The van der Waals surface area contributed by atoms with Crippen LogP contribution >= 0.6 is 0 Å². The van der Waals surface area contributed by atoms with E-state index in [0.29, 0.717) is 6.54 Å². The number of pyridine rings is 1. The van der Waals surface area contributed by atoms with Gasteiger partial charge in [0.25, 0.3) is 5.56 Å². The highest BCUT2D eigenvalue weighted by Crippen LogP contribution is 2.25. The number of aromatic nitrogens is 1. The first-order valence-corrected chi connectivity index (χ1v) is 8.73. The third-order valence-electron chi connectivity index (χ3n) is 4.70. The molecule has 0 atom stereocenters. The molecule has 0 spiro atoms. The van der Waals surface area contributed by atoms with Gasteiger partial charge in [0.15, 0.2) is 0 Å². The SMILES string of the molecule is Cc1ccc(-c2cc3c(C)cc(C)cc3n(CCN(C)C)c2=O)cc1. The van der Waals surface area contributed by atoms with Crippen molar-refractivity contribution < 1.29 is 0 Å². The Hall–Kier alpha value is -2.39. The Morgan fingerprint density at radius 2 is 1.60 bits per heavy atom. The lowest BCUT2D eigenvalue weighted by Crippen LogP contribution is -2.28. The van der Waals surface area contributed by atoms with Crippen LogP contribution in [0.1, 0.15) is 16.7 Å². The quantitative estimate of drug-likeness (QED) is 0.716. The van der Waals surface area contributed by atoms with Gasteiger partial charge in [-0.3, -0.25) is 4.79 Å². The molecule has 130 valence electrons. The summed E-state index contributed by atoms with van der Waals surface area (Å²) in [5.74, 6) is 0. The molecule has 25 heavy (non-hydrogen) atoms. The van der Waals surface area contributed by atoms with Crippen molar-refractivity contribution in [1.29, 1.82) is 0 Å². The molecule has 0 aliphatic rings. The van der Waals surface area contributed by atoms with Gasteiger partial charge in [0.05, 0.1) is 5.52 Å². The number of aryl methyl sites for hydroxylation is 3. The van der Waals surface area contributed by atoms with Gasteiger partial charge in [-0.25, -0.2) is 0 Å². The maximum absolute atomic E-state index is 13.2. The van der Waals surface area contributed by atoms with Crippen molar-refractivity contribution in [2.24, 2.45) is 0 Å². The molecule has 0 saturated heterocycles. The number of rotatable bonds is 4. The topological polar surface area (TPSA) is 25.2 Å². The second-order valence-electron chi connectivity index (χ2n) is 7.20. The van der Waals surface area contributed by atoms with Gasteiger partial charge in [0.2, 0.25) is 0 Å². The normalized spacial score (nSPS) is 11.4. The fourth-order valence-corrected chi connectivity index (χ4v) is 3.29. The summed E-state index contributed by atoms with van der Waals surface area (Å²) in [6, 6.07) is 14.6. The Kier molecular flexibility index (Phi) is 4.78. The zero-order valence-electron chi connectivity index (χ0n) is 15.8. The number of hydrogen-bond acceptors (Lipinski definition) is 2. The lowest BCUT2D eigenvalue weighted by Gasteiger charge is -2.17. The number of nitrogens with zero attached hydrogens (tertiary/aromatic N) is 2. The van der Waals surface area contributed by atoms with Crippen molar-refractivity contribution in [3.8, 4) is 11.1 Å². The van der Waals surface area contributed by atoms with E-state index in [1.807, 2.05) is 30.8 Å². The Labute approximate surface area is 149 Å². The molecule has 0 saturated carbocycles. The summed E-state index contributed by atoms with van der Waals surface area (Å²) in [6.45, 7) is 7.78. The standard InChI is InChI=1S/C22H26N2O/c1-15-6-8-18(9-7-15)20-14-19-17(3)12-16(2)13-21(19)24(22(20)25)11-10-23(4)5/h6-9,12-14H,10-11H2,1-5H3. The summed E-state index contributed by atoms with van der Waals surface area (Å²) in [6.07, 6.45) is 0. The van der Waals surface area contributed by atoms with Gasteiger partial charge in [-0.05, 0) is 63.7 Å². The minimum atomic E-state index is 0.0863. The van der Waals surface area contributed by atoms with Crippen LogP contribution in [0.2, 0.25) is 0 Å². The third-order valence-corrected chi connectivity index (χ3v) is 4.70. The predicted molar refractivity (Wildman–Crippen MR) is 106 cm³/mol. The largest absolute Gasteiger partial charge is 0.308 e. The molecule has 1 aromatic heterocycles. The van der Waals surface area contributed by atoms with Crippen LogP contribution in [0.4, 0.5) is 0 Å². The smallest absolute Gasteiger partial charge is 0.258 e. The highest BCUT2D eigenvalue weighted by Gasteiger charge is 2.13. The first kappa shape index (κ1) is 17.4. The summed E-state index contributed by atoms with van der Waals surface area (Å²) < 4.78 is 1.94. The van der Waals surface area contributed by atoms with Crippen LogP contribution in [0.5, 0.6) is 0 Å². The van der Waals surface area contributed by atoms with E-state index in [9.17, 15) is 4.79 Å². The molecule has 0 aliphatic heterocycles. The van der Waals surface area contributed by atoms with E-state index in [2.05, 4.69) is 56.0 Å². The fraction of sp³-hybridized carbons (Fsp3) is 0.318. The molecule has 0 aliphatic carbocycles. The van der Waals surface area contributed by atoms with Gasteiger partial charge >= 0.3 is 0 Å². The summed E-state index contributed by atoms with van der Waals surface area (Å²) >= 11 is 0. The predicted octanol–water partition coefficient (Wildman–Crippen LogP) is 4.16. The van der Waals surface area contributed by atoms with E-state index in [0.717, 1.165) is 28.6 Å². The van der Waals surface area contributed by atoms with Crippen LogP contribution in [0, 0.1) is 20.8 Å². The zero-order valence-corrected chi connectivity index (χ0v) is 15.8. The third kappa shape index (κ3) is 3.52. The summed E-state index contributed by atoms with van der Waals surface area (Å²) in [5, 5.41) is 1.15. The Bertz CT molecular complexity index is 966. The molecule has 3 rings (SSSR count). The van der Waals surface area contributed by atoms with E-state index in [1.54, 1.807) is 0 Å². The molecule has 0 bridgehead atoms. The summed E-state index contributed by atoms with van der Waals surface area (Å²) in [4.78, 5) is 15.4. The molecule has 0 amide bonds. The van der Waals surface area contributed by atoms with Crippen LogP contribution in [-0.2, 0) is 6.54 Å². The first-order valence-electron chi connectivity index (χ1n) is 8.73. The molecule has 0 N–H and O–H groups in total. The number of fused-ring (bicyclic) bond motifs is 1. The summed E-state index contributed by atoms with van der Waals surface area (Å²) in [7, 11) is 4.07. The van der Waals surface area contributed by atoms with Crippen LogP contribution < -0.4 is 5.56 Å². The summed E-state index contributed by atoms with van der Waals surface area (Å²) in [5.41, 5.74) is 6.47. The van der Waals surface area contributed by atoms with Gasteiger partial charge < -0.3 is 9.47 Å². The monoisotopic (exact) mass is 334 g/mol. The van der Waals surface area contributed by atoms with Crippen molar-refractivity contribution in [2.45, 2.75) is 27.3 Å². The van der Waals surface area contributed by atoms with Gasteiger partial charge in [0, 0.05) is 24.0 Å². The van der Waals surface area contributed by atoms with Crippen molar-refractivity contribution in [2.75, 3.05) is 20.6 Å². The minimum Gasteiger partial charge on any atom is -0.308 e. The Morgan fingerprint density at radius 1 is 0.920 bits per heavy atom. The zero-order chi connectivity index (χ0) is 18.1. The molecule has 3 nitrogen and oxygen atoms in total. The molecular weight excluding hydrogens is 308 g/mol. The molecule has 0 fully saturated rings. The van der Waals surface area contributed by atoms with E-state index < -0.39 is 0 Å². The first-order chi connectivity index (χ1) is 11.9.